The zero-order chi connectivity index (χ0) is 21.3. The number of carbonyl (C=O) groups is 1. The Kier molecular flexibility index (Phi) is 5.49. The van der Waals surface area contributed by atoms with E-state index in [0.29, 0.717) is 33.8 Å². The summed E-state index contributed by atoms with van der Waals surface area (Å²) in [5.41, 5.74) is 2.68. The Morgan fingerprint density at radius 3 is 2.83 bits per heavy atom. The van der Waals surface area contributed by atoms with E-state index in [9.17, 15) is 4.79 Å². The largest absolute Gasteiger partial charge is 0.495 e. The molecule has 10 heteroatoms. The Morgan fingerprint density at radius 1 is 1.33 bits per heavy atom. The number of ether oxygens (including phenoxy) is 1. The number of fused-ring (bicyclic) bond motifs is 1. The van der Waals surface area contributed by atoms with Gasteiger partial charge in [-0.2, -0.15) is 10.1 Å². The van der Waals surface area contributed by atoms with Gasteiger partial charge in [0.15, 0.2) is 0 Å². The number of methoxy groups -OCH3 is 1. The van der Waals surface area contributed by atoms with Gasteiger partial charge in [0, 0.05) is 18.9 Å². The van der Waals surface area contributed by atoms with Crippen LogP contribution >= 0.6 is 11.8 Å². The lowest BCUT2D eigenvalue weighted by Gasteiger charge is -2.28. The van der Waals surface area contributed by atoms with Crippen molar-refractivity contribution in [3.05, 3.63) is 53.5 Å². The van der Waals surface area contributed by atoms with Crippen LogP contribution in [0.4, 0.5) is 11.6 Å². The van der Waals surface area contributed by atoms with E-state index < -0.39 is 6.04 Å². The van der Waals surface area contributed by atoms with Crippen molar-refractivity contribution in [1.29, 1.82) is 0 Å². The highest BCUT2D eigenvalue weighted by Crippen LogP contribution is 2.37. The van der Waals surface area contributed by atoms with E-state index in [2.05, 4.69) is 25.8 Å². The summed E-state index contributed by atoms with van der Waals surface area (Å²) >= 11 is 1.55. The van der Waals surface area contributed by atoms with Crippen molar-refractivity contribution < 1.29 is 9.53 Å². The molecule has 0 aliphatic carbocycles. The van der Waals surface area contributed by atoms with Gasteiger partial charge in [-0.1, -0.05) is 30.8 Å². The summed E-state index contributed by atoms with van der Waals surface area (Å²) in [5, 5.41) is 15.8. The monoisotopic (exact) mass is 425 g/mol. The zero-order valence-corrected chi connectivity index (χ0v) is 18.0. The molecule has 30 heavy (non-hydrogen) atoms. The fourth-order valence-corrected chi connectivity index (χ4v) is 4.03. The molecule has 1 atom stereocenters. The summed E-state index contributed by atoms with van der Waals surface area (Å²) in [6, 6.07) is 8.73. The van der Waals surface area contributed by atoms with Crippen molar-refractivity contribution in [2.45, 2.75) is 25.0 Å². The minimum Gasteiger partial charge on any atom is -0.495 e. The van der Waals surface area contributed by atoms with Crippen LogP contribution < -0.4 is 15.4 Å². The number of thioether (sulfide) groups is 1. The van der Waals surface area contributed by atoms with Gasteiger partial charge in [0.25, 0.3) is 5.91 Å². The lowest BCUT2D eigenvalue weighted by molar-refractivity contribution is -0.113. The van der Waals surface area contributed by atoms with E-state index in [4.69, 9.17) is 4.74 Å². The molecule has 2 N–H and O–H groups in total. The maximum Gasteiger partial charge on any atom is 0.256 e. The number of nitrogens with one attached hydrogen (secondary N) is 2. The molecule has 3 heterocycles. The van der Waals surface area contributed by atoms with Gasteiger partial charge < -0.3 is 15.4 Å². The number of para-hydroxylation sites is 2. The average molecular weight is 426 g/mol. The maximum atomic E-state index is 13.4. The number of aromatic nitrogens is 5. The first-order valence-electron chi connectivity index (χ1n) is 9.52. The molecule has 4 rings (SSSR count). The molecule has 3 aromatic rings. The van der Waals surface area contributed by atoms with Gasteiger partial charge in [0.2, 0.25) is 11.1 Å². The van der Waals surface area contributed by atoms with Crippen LogP contribution in [0.2, 0.25) is 0 Å². The van der Waals surface area contributed by atoms with E-state index in [1.54, 1.807) is 46.6 Å². The number of benzene rings is 1. The number of anilines is 2. The Morgan fingerprint density at radius 2 is 2.13 bits per heavy atom. The van der Waals surface area contributed by atoms with Crippen LogP contribution in [-0.4, -0.2) is 43.3 Å². The van der Waals surface area contributed by atoms with E-state index >= 15 is 0 Å². The lowest BCUT2D eigenvalue weighted by atomic mass is 9.99. The van der Waals surface area contributed by atoms with Crippen molar-refractivity contribution in [1.82, 2.24) is 24.5 Å². The fourth-order valence-electron chi connectivity index (χ4n) is 3.48. The third kappa shape index (κ3) is 3.54. The van der Waals surface area contributed by atoms with Crippen molar-refractivity contribution in [3.63, 3.8) is 0 Å². The highest BCUT2D eigenvalue weighted by molar-refractivity contribution is 7.99. The van der Waals surface area contributed by atoms with Crippen LogP contribution in [0.5, 0.6) is 5.75 Å². The number of carbonyl (C=O) groups excluding carboxylic acids is 1. The summed E-state index contributed by atoms with van der Waals surface area (Å²) in [5.74, 6) is 1.80. The molecule has 0 unspecified atom stereocenters. The molecule has 1 amide bonds. The number of allylic oxidation sites excluding steroid dienone is 1. The number of rotatable bonds is 6. The van der Waals surface area contributed by atoms with E-state index in [-0.39, 0.29) is 5.91 Å². The molecule has 1 aromatic carbocycles. The molecular formula is C20H23N7O2S. The zero-order valence-electron chi connectivity index (χ0n) is 17.2. The van der Waals surface area contributed by atoms with E-state index in [0.717, 1.165) is 11.4 Å². The molecule has 0 saturated heterocycles. The molecular weight excluding hydrogens is 402 g/mol. The Balaban J connectivity index is 1.78. The number of nitrogens with zero attached hydrogens (tertiary/aromatic N) is 5. The third-order valence-electron chi connectivity index (χ3n) is 4.85. The van der Waals surface area contributed by atoms with Crippen LogP contribution in [0.15, 0.2) is 53.0 Å². The highest BCUT2D eigenvalue weighted by atomic mass is 32.2. The summed E-state index contributed by atoms with van der Waals surface area (Å²) in [6.45, 7) is 3.91. The summed E-state index contributed by atoms with van der Waals surface area (Å²) in [6.07, 6.45) is 1.71. The molecule has 0 spiro atoms. The first kappa shape index (κ1) is 20.0. The third-order valence-corrected chi connectivity index (χ3v) is 5.57. The second kappa shape index (κ2) is 8.23. The van der Waals surface area contributed by atoms with Crippen molar-refractivity contribution >= 4 is 29.3 Å². The van der Waals surface area contributed by atoms with Crippen molar-refractivity contribution in [2.75, 3.05) is 23.5 Å². The molecule has 0 bridgehead atoms. The van der Waals surface area contributed by atoms with Crippen LogP contribution in [-0.2, 0) is 11.8 Å². The van der Waals surface area contributed by atoms with Gasteiger partial charge in [-0.25, -0.2) is 4.68 Å². The number of aryl methyl sites for hydroxylation is 1. The Labute approximate surface area is 178 Å². The van der Waals surface area contributed by atoms with E-state index in [1.807, 2.05) is 39.1 Å². The smallest absolute Gasteiger partial charge is 0.256 e. The molecule has 0 fully saturated rings. The van der Waals surface area contributed by atoms with Gasteiger partial charge in [0.05, 0.1) is 24.1 Å². The number of hydrogen-bond acceptors (Lipinski definition) is 7. The van der Waals surface area contributed by atoms with Crippen LogP contribution in [0.25, 0.3) is 0 Å². The molecule has 1 aliphatic heterocycles. The van der Waals surface area contributed by atoms with Gasteiger partial charge in [-0.3, -0.25) is 9.48 Å². The molecule has 156 valence electrons. The summed E-state index contributed by atoms with van der Waals surface area (Å²) in [7, 11) is 3.42. The maximum absolute atomic E-state index is 13.4. The second-order valence-corrected chi connectivity index (χ2v) is 7.93. The normalized spacial score (nSPS) is 15.5. The predicted molar refractivity (Wildman–Crippen MR) is 116 cm³/mol. The van der Waals surface area contributed by atoms with Crippen molar-refractivity contribution in [3.8, 4) is 5.75 Å². The SMILES string of the molecule is CCSc1nc2n(n1)[C@H](c1ccnn1C)C(C(=O)Nc1ccccc1OC)=C(C)N2. The predicted octanol–water partition coefficient (Wildman–Crippen LogP) is 3.06. The van der Waals surface area contributed by atoms with Gasteiger partial charge >= 0.3 is 0 Å². The summed E-state index contributed by atoms with van der Waals surface area (Å²) < 4.78 is 8.87. The molecule has 0 radical (unpaired) electrons. The van der Waals surface area contributed by atoms with Crippen LogP contribution in [0, 0.1) is 0 Å². The minimum absolute atomic E-state index is 0.249. The molecule has 9 nitrogen and oxygen atoms in total. The van der Waals surface area contributed by atoms with Gasteiger partial charge in [0.1, 0.15) is 11.8 Å². The topological polar surface area (TPSA) is 98.9 Å². The highest BCUT2D eigenvalue weighted by Gasteiger charge is 2.36. The molecule has 0 saturated carbocycles. The number of amides is 1. The first-order valence-corrected chi connectivity index (χ1v) is 10.5. The van der Waals surface area contributed by atoms with Crippen LogP contribution in [0.1, 0.15) is 25.6 Å². The average Bonchev–Trinajstić information content (AvgIpc) is 3.33. The van der Waals surface area contributed by atoms with Crippen molar-refractivity contribution in [2.24, 2.45) is 7.05 Å². The quantitative estimate of drug-likeness (QED) is 0.586. The standard InChI is InChI=1S/C20H23N7O2S/c1-5-30-20-24-19-22-12(2)16(17(27(19)25-20)14-10-11-21-26(14)3)18(28)23-13-8-6-7-9-15(13)29-4/h6-11,17H,5H2,1-4H3,(H,23,28)(H,22,24,25)/t17-/m1/s1. The first-order chi connectivity index (χ1) is 14.5. The lowest BCUT2D eigenvalue weighted by Crippen LogP contribution is -2.32. The fraction of sp³-hybridized carbons (Fsp3) is 0.300. The second-order valence-electron chi connectivity index (χ2n) is 6.70. The van der Waals surface area contributed by atoms with Gasteiger partial charge in [-0.05, 0) is 30.9 Å². The minimum atomic E-state index is -0.470. The molecule has 1 aliphatic rings. The van der Waals surface area contributed by atoms with Gasteiger partial charge in [-0.15, -0.1) is 5.10 Å². The Hall–Kier alpha value is -3.27. The number of hydrogen-bond donors (Lipinski definition) is 2. The van der Waals surface area contributed by atoms with E-state index in [1.165, 1.54) is 0 Å². The van der Waals surface area contributed by atoms with Crippen LogP contribution in [0.3, 0.4) is 0 Å². The Bertz CT molecular complexity index is 1120. The molecule has 2 aromatic heterocycles. The summed E-state index contributed by atoms with van der Waals surface area (Å²) in [4.78, 5) is 18.0.